The number of carbonyl (C=O) groups is 1. The van der Waals surface area contributed by atoms with Gasteiger partial charge in [0.1, 0.15) is 0 Å². The molecule has 3 fully saturated rings. The second kappa shape index (κ2) is 3.58. The molecule has 0 atom stereocenters. The molecule has 3 saturated heterocycles. The number of hydrogen-bond donors (Lipinski definition) is 0. The Morgan fingerprint density at radius 1 is 1.13 bits per heavy atom. The van der Waals surface area contributed by atoms with Crippen LogP contribution in [-0.2, 0) is 4.79 Å². The molecule has 3 aliphatic heterocycles. The van der Waals surface area contributed by atoms with Crippen LogP contribution in [0.3, 0.4) is 0 Å². The first kappa shape index (κ1) is 11.1. The first-order chi connectivity index (χ1) is 7.01. The van der Waals surface area contributed by atoms with Crippen LogP contribution in [0.25, 0.3) is 0 Å². The molecule has 0 amide bonds. The van der Waals surface area contributed by atoms with Crippen molar-refractivity contribution in [2.45, 2.75) is 46.1 Å². The van der Waals surface area contributed by atoms with Crippen LogP contribution in [0, 0.1) is 17.8 Å². The summed E-state index contributed by atoms with van der Waals surface area (Å²) in [4.78, 5) is 15.0. The third-order valence-corrected chi connectivity index (χ3v) is 4.54. The Morgan fingerprint density at radius 3 is 1.87 bits per heavy atom. The number of ketones is 1. The Bertz CT molecular complexity index is 254. The third-order valence-electron chi connectivity index (χ3n) is 4.54. The van der Waals surface area contributed by atoms with Crippen LogP contribution in [0.4, 0.5) is 0 Å². The minimum Gasteiger partial charge on any atom is -0.297 e. The topological polar surface area (TPSA) is 20.3 Å². The van der Waals surface area contributed by atoms with Gasteiger partial charge in [-0.2, -0.15) is 0 Å². The van der Waals surface area contributed by atoms with Crippen molar-refractivity contribution in [3.63, 3.8) is 0 Å². The molecule has 0 aromatic heterocycles. The van der Waals surface area contributed by atoms with Crippen LogP contribution >= 0.6 is 0 Å². The molecule has 15 heavy (non-hydrogen) atoms. The van der Waals surface area contributed by atoms with E-state index >= 15 is 0 Å². The minimum absolute atomic E-state index is 0.152. The van der Waals surface area contributed by atoms with Crippen LogP contribution in [0.1, 0.15) is 40.5 Å². The van der Waals surface area contributed by atoms with Gasteiger partial charge in [-0.05, 0) is 37.8 Å². The predicted octanol–water partition coefficient (Wildman–Crippen LogP) is 2.33. The van der Waals surface area contributed by atoms with Crippen molar-refractivity contribution >= 4 is 5.78 Å². The summed E-state index contributed by atoms with van der Waals surface area (Å²) in [6.45, 7) is 11.1. The van der Waals surface area contributed by atoms with E-state index in [0.29, 0.717) is 23.5 Å². The molecule has 2 nitrogen and oxygen atoms in total. The lowest BCUT2D eigenvalue weighted by Gasteiger charge is -2.57. The summed E-state index contributed by atoms with van der Waals surface area (Å²) < 4.78 is 0. The summed E-state index contributed by atoms with van der Waals surface area (Å²) in [6.07, 6.45) is 2.19. The Morgan fingerprint density at radius 2 is 1.60 bits per heavy atom. The van der Waals surface area contributed by atoms with Gasteiger partial charge in [0.2, 0.25) is 0 Å². The van der Waals surface area contributed by atoms with Gasteiger partial charge >= 0.3 is 0 Å². The largest absolute Gasteiger partial charge is 0.297 e. The van der Waals surface area contributed by atoms with Crippen LogP contribution in [-0.4, -0.2) is 29.3 Å². The molecule has 3 rings (SSSR count). The normalized spacial score (nSPS) is 34.1. The first-order valence-corrected chi connectivity index (χ1v) is 6.30. The van der Waals surface area contributed by atoms with E-state index in [9.17, 15) is 4.79 Å². The third kappa shape index (κ3) is 1.30. The molecule has 0 N–H and O–H groups in total. The number of carbonyl (C=O) groups excluding carboxylic acids is 1. The molecule has 0 aliphatic carbocycles. The lowest BCUT2D eigenvalue weighted by atomic mass is 9.63. The molecule has 2 heteroatoms. The fraction of sp³-hybridized carbons (Fsp3) is 0.923. The Hall–Kier alpha value is -0.370. The summed E-state index contributed by atoms with van der Waals surface area (Å²) >= 11 is 0. The Balaban J connectivity index is 2.42. The minimum atomic E-state index is -0.152. The molecule has 0 spiro atoms. The molecular weight excluding hydrogens is 186 g/mol. The van der Waals surface area contributed by atoms with E-state index in [2.05, 4.69) is 32.6 Å². The lowest BCUT2D eigenvalue weighted by Crippen LogP contribution is -2.69. The van der Waals surface area contributed by atoms with Crippen molar-refractivity contribution < 1.29 is 4.79 Å². The number of Topliss-reactive ketones (excluding diaryl/α,β-unsaturated/α-hetero) is 1. The van der Waals surface area contributed by atoms with E-state index in [1.807, 2.05) is 0 Å². The zero-order chi connectivity index (χ0) is 11.2. The van der Waals surface area contributed by atoms with Gasteiger partial charge in [0.15, 0.2) is 5.78 Å². The van der Waals surface area contributed by atoms with Gasteiger partial charge in [0, 0.05) is 5.92 Å². The average Bonchev–Trinajstić information content (AvgIpc) is 2.18. The highest BCUT2D eigenvalue weighted by Crippen LogP contribution is 2.44. The van der Waals surface area contributed by atoms with Crippen LogP contribution in [0.2, 0.25) is 0 Å². The van der Waals surface area contributed by atoms with Crippen molar-refractivity contribution in [1.82, 2.24) is 4.90 Å². The SMILES string of the molecule is CC(C)C1(C(C)C)C(=O)C2CCN1CC2. The zero-order valence-electron chi connectivity index (χ0n) is 10.4. The van der Waals surface area contributed by atoms with Crippen molar-refractivity contribution in [3.05, 3.63) is 0 Å². The fourth-order valence-electron chi connectivity index (χ4n) is 3.96. The average molecular weight is 209 g/mol. The van der Waals surface area contributed by atoms with Gasteiger partial charge in [-0.3, -0.25) is 9.69 Å². The van der Waals surface area contributed by atoms with Gasteiger partial charge in [-0.1, -0.05) is 27.7 Å². The first-order valence-electron chi connectivity index (χ1n) is 6.30. The second-order valence-electron chi connectivity index (χ2n) is 5.76. The van der Waals surface area contributed by atoms with Crippen molar-refractivity contribution in [2.24, 2.45) is 17.8 Å². The van der Waals surface area contributed by atoms with Crippen LogP contribution in [0.5, 0.6) is 0 Å². The molecule has 2 bridgehead atoms. The monoisotopic (exact) mass is 209 g/mol. The molecule has 3 aliphatic rings. The summed E-state index contributed by atoms with van der Waals surface area (Å²) in [6, 6.07) is 0. The van der Waals surface area contributed by atoms with E-state index in [-0.39, 0.29) is 5.54 Å². The van der Waals surface area contributed by atoms with Crippen LogP contribution in [0.15, 0.2) is 0 Å². The maximum Gasteiger partial charge on any atom is 0.156 e. The van der Waals surface area contributed by atoms with E-state index in [4.69, 9.17) is 0 Å². The molecule has 3 heterocycles. The fourth-order valence-corrected chi connectivity index (χ4v) is 3.96. The van der Waals surface area contributed by atoms with E-state index < -0.39 is 0 Å². The van der Waals surface area contributed by atoms with E-state index in [1.54, 1.807) is 0 Å². The highest BCUT2D eigenvalue weighted by atomic mass is 16.1. The molecule has 0 saturated carbocycles. The number of hydrogen-bond acceptors (Lipinski definition) is 2. The maximum absolute atomic E-state index is 12.6. The number of piperidine rings is 3. The van der Waals surface area contributed by atoms with Gasteiger partial charge in [0.05, 0.1) is 5.54 Å². The quantitative estimate of drug-likeness (QED) is 0.695. The molecule has 0 unspecified atom stereocenters. The van der Waals surface area contributed by atoms with Crippen molar-refractivity contribution in [2.75, 3.05) is 13.1 Å². The van der Waals surface area contributed by atoms with Gasteiger partial charge in [-0.25, -0.2) is 0 Å². The zero-order valence-corrected chi connectivity index (χ0v) is 10.4. The lowest BCUT2D eigenvalue weighted by molar-refractivity contribution is -0.158. The molecule has 0 radical (unpaired) electrons. The summed E-state index contributed by atoms with van der Waals surface area (Å²) in [7, 11) is 0. The van der Waals surface area contributed by atoms with Gasteiger partial charge in [0.25, 0.3) is 0 Å². The number of nitrogens with zero attached hydrogens (tertiary/aromatic N) is 1. The number of fused-ring (bicyclic) bond motifs is 3. The Labute approximate surface area is 93.0 Å². The van der Waals surface area contributed by atoms with E-state index in [0.717, 1.165) is 25.9 Å². The van der Waals surface area contributed by atoms with Crippen LogP contribution < -0.4 is 0 Å². The van der Waals surface area contributed by atoms with Crippen molar-refractivity contribution in [3.8, 4) is 0 Å². The standard InChI is InChI=1S/C13H23NO/c1-9(2)13(10(3)4)12(15)11-5-7-14(13)8-6-11/h9-11H,5-8H2,1-4H3. The second-order valence-corrected chi connectivity index (χ2v) is 5.76. The summed E-state index contributed by atoms with van der Waals surface area (Å²) in [5.74, 6) is 1.77. The Kier molecular flexibility index (Phi) is 2.66. The molecule has 86 valence electrons. The van der Waals surface area contributed by atoms with E-state index in [1.165, 1.54) is 0 Å². The molecular formula is C13H23NO. The highest BCUT2D eigenvalue weighted by molar-refractivity contribution is 5.92. The predicted molar refractivity (Wildman–Crippen MR) is 61.7 cm³/mol. The molecule has 0 aromatic rings. The smallest absolute Gasteiger partial charge is 0.156 e. The summed E-state index contributed by atoms with van der Waals surface area (Å²) in [5, 5.41) is 0. The molecule has 0 aromatic carbocycles. The van der Waals surface area contributed by atoms with Gasteiger partial charge in [-0.15, -0.1) is 0 Å². The maximum atomic E-state index is 12.6. The number of rotatable bonds is 2. The van der Waals surface area contributed by atoms with Gasteiger partial charge < -0.3 is 0 Å². The highest BCUT2D eigenvalue weighted by Gasteiger charge is 2.55. The summed E-state index contributed by atoms with van der Waals surface area (Å²) in [5.41, 5.74) is -0.152. The van der Waals surface area contributed by atoms with Crippen molar-refractivity contribution in [1.29, 1.82) is 0 Å².